The van der Waals surface area contributed by atoms with E-state index in [2.05, 4.69) is 16.8 Å². The molecule has 13 heavy (non-hydrogen) atoms. The average molecular weight is 199 g/mol. The van der Waals surface area contributed by atoms with E-state index < -0.39 is 0 Å². The average Bonchev–Trinajstić information content (AvgIpc) is 2.15. The van der Waals surface area contributed by atoms with Crippen molar-refractivity contribution in [3.05, 3.63) is 35.6 Å². The van der Waals surface area contributed by atoms with Gasteiger partial charge in [-0.25, -0.2) is 0 Å². The molecule has 4 heteroatoms. The van der Waals surface area contributed by atoms with Gasteiger partial charge in [0.15, 0.2) is 5.15 Å². The van der Waals surface area contributed by atoms with Crippen molar-refractivity contribution in [3.8, 4) is 0 Å². The summed E-state index contributed by atoms with van der Waals surface area (Å²) >= 11 is 5.57. The summed E-state index contributed by atoms with van der Waals surface area (Å²) in [6.07, 6.45) is 2.66. The molecule has 1 aromatic heterocycles. The fourth-order valence-electron chi connectivity index (χ4n) is 0.764. The Hall–Kier alpha value is -0.930. The molecule has 0 saturated heterocycles. The van der Waals surface area contributed by atoms with Gasteiger partial charge in [0.25, 0.3) is 0 Å². The lowest BCUT2D eigenvalue weighted by Crippen LogP contribution is -1.98. The van der Waals surface area contributed by atoms with Gasteiger partial charge in [0, 0.05) is 0 Å². The van der Waals surface area contributed by atoms with Crippen molar-refractivity contribution in [3.63, 3.8) is 0 Å². The Morgan fingerprint density at radius 1 is 1.46 bits per heavy atom. The zero-order valence-corrected chi connectivity index (χ0v) is 8.00. The van der Waals surface area contributed by atoms with E-state index in [4.69, 9.17) is 16.3 Å². The smallest absolute Gasteiger partial charge is 0.151 e. The van der Waals surface area contributed by atoms with Crippen LogP contribution in [0.25, 0.3) is 0 Å². The minimum atomic E-state index is 0.398. The van der Waals surface area contributed by atoms with Gasteiger partial charge in [0.2, 0.25) is 0 Å². The Morgan fingerprint density at radius 3 is 2.92 bits per heavy atom. The minimum Gasteiger partial charge on any atom is -0.375 e. The predicted molar refractivity (Wildman–Crippen MR) is 51.5 cm³/mol. The lowest BCUT2D eigenvalue weighted by molar-refractivity contribution is 0.122. The van der Waals surface area contributed by atoms with Gasteiger partial charge in [-0.2, -0.15) is 5.10 Å². The van der Waals surface area contributed by atoms with E-state index in [1.165, 1.54) is 0 Å². The fourth-order valence-corrected chi connectivity index (χ4v) is 0.865. The van der Waals surface area contributed by atoms with E-state index in [-0.39, 0.29) is 0 Å². The molecule has 0 radical (unpaired) electrons. The van der Waals surface area contributed by atoms with Gasteiger partial charge in [-0.05, 0) is 18.6 Å². The summed E-state index contributed by atoms with van der Waals surface area (Å²) in [6.45, 7) is 4.72. The van der Waals surface area contributed by atoms with Crippen LogP contribution in [-0.2, 0) is 11.3 Å². The third kappa shape index (κ3) is 4.01. The predicted octanol–water partition coefficient (Wildman–Crippen LogP) is 2.22. The summed E-state index contributed by atoms with van der Waals surface area (Å²) in [4.78, 5) is 0. The topological polar surface area (TPSA) is 35.0 Å². The molecule has 0 aromatic carbocycles. The number of halogens is 1. The highest BCUT2D eigenvalue weighted by molar-refractivity contribution is 6.29. The quantitative estimate of drug-likeness (QED) is 0.538. The van der Waals surface area contributed by atoms with Crippen molar-refractivity contribution in [2.24, 2.45) is 0 Å². The molecule has 0 saturated carbocycles. The van der Waals surface area contributed by atoms with Crippen molar-refractivity contribution in [2.45, 2.75) is 13.0 Å². The largest absolute Gasteiger partial charge is 0.375 e. The van der Waals surface area contributed by atoms with Crippen LogP contribution in [0.3, 0.4) is 0 Å². The van der Waals surface area contributed by atoms with Gasteiger partial charge in [-0.3, -0.25) is 0 Å². The number of hydrogen-bond acceptors (Lipinski definition) is 3. The number of nitrogens with zero attached hydrogens (tertiary/aromatic N) is 2. The number of aromatic nitrogens is 2. The van der Waals surface area contributed by atoms with Crippen molar-refractivity contribution in [1.82, 2.24) is 10.2 Å². The number of ether oxygens (including phenoxy) is 1. The first kappa shape index (κ1) is 10.2. The maximum atomic E-state index is 5.57. The maximum absolute atomic E-state index is 5.57. The Kier molecular flexibility index (Phi) is 4.43. The van der Waals surface area contributed by atoms with E-state index in [9.17, 15) is 0 Å². The van der Waals surface area contributed by atoms with Gasteiger partial charge in [-0.15, -0.1) is 11.7 Å². The second kappa shape index (κ2) is 5.67. The Bertz CT molecular complexity index is 261. The fraction of sp³-hybridized carbons (Fsp3) is 0.333. The molecule has 0 unspecified atom stereocenters. The maximum Gasteiger partial charge on any atom is 0.151 e. The first-order valence-electron chi connectivity index (χ1n) is 3.99. The van der Waals surface area contributed by atoms with Crippen LogP contribution >= 0.6 is 11.6 Å². The zero-order valence-electron chi connectivity index (χ0n) is 7.24. The third-order valence-corrected chi connectivity index (χ3v) is 1.61. The van der Waals surface area contributed by atoms with Crippen LogP contribution in [0.1, 0.15) is 12.1 Å². The van der Waals surface area contributed by atoms with Crippen molar-refractivity contribution in [1.29, 1.82) is 0 Å². The molecule has 0 amide bonds. The molecule has 1 aromatic rings. The summed E-state index contributed by atoms with van der Waals surface area (Å²) < 4.78 is 5.28. The highest BCUT2D eigenvalue weighted by Crippen LogP contribution is 2.03. The molecule has 0 aliphatic rings. The van der Waals surface area contributed by atoms with Crippen LogP contribution in [0.2, 0.25) is 5.15 Å². The van der Waals surface area contributed by atoms with Gasteiger partial charge in [0.05, 0.1) is 18.9 Å². The van der Waals surface area contributed by atoms with Crippen LogP contribution in [0.4, 0.5) is 0 Å². The molecule has 70 valence electrons. The Labute approximate surface area is 82.4 Å². The highest BCUT2D eigenvalue weighted by Gasteiger charge is 1.95. The lowest BCUT2D eigenvalue weighted by atomic mass is 10.4. The van der Waals surface area contributed by atoms with Gasteiger partial charge >= 0.3 is 0 Å². The van der Waals surface area contributed by atoms with Gasteiger partial charge in [0.1, 0.15) is 0 Å². The molecule has 0 bridgehead atoms. The molecule has 3 nitrogen and oxygen atoms in total. The normalized spacial score (nSPS) is 9.92. The van der Waals surface area contributed by atoms with Crippen LogP contribution in [-0.4, -0.2) is 16.8 Å². The van der Waals surface area contributed by atoms with Crippen LogP contribution in [0.5, 0.6) is 0 Å². The second-order valence-electron chi connectivity index (χ2n) is 2.48. The van der Waals surface area contributed by atoms with E-state index >= 15 is 0 Å². The zero-order chi connectivity index (χ0) is 9.52. The molecule has 0 fully saturated rings. The third-order valence-electron chi connectivity index (χ3n) is 1.40. The highest BCUT2D eigenvalue weighted by atomic mass is 35.5. The molecular weight excluding hydrogens is 188 g/mol. The van der Waals surface area contributed by atoms with E-state index in [1.54, 1.807) is 12.1 Å². The van der Waals surface area contributed by atoms with E-state index in [1.807, 2.05) is 6.08 Å². The molecule has 0 aliphatic heterocycles. The molecule has 1 heterocycles. The first-order valence-corrected chi connectivity index (χ1v) is 4.37. The Morgan fingerprint density at radius 2 is 2.31 bits per heavy atom. The van der Waals surface area contributed by atoms with Crippen molar-refractivity contribution >= 4 is 11.6 Å². The van der Waals surface area contributed by atoms with Gasteiger partial charge in [-0.1, -0.05) is 17.7 Å². The molecule has 0 spiro atoms. The monoisotopic (exact) mass is 198 g/mol. The SMILES string of the molecule is C=CCCOCc1ccc(Cl)nn1. The summed E-state index contributed by atoms with van der Waals surface area (Å²) in [5.74, 6) is 0. The molecule has 0 atom stereocenters. The van der Waals surface area contributed by atoms with E-state index in [0.717, 1.165) is 12.1 Å². The number of rotatable bonds is 5. The molecule has 0 aliphatic carbocycles. The van der Waals surface area contributed by atoms with Crippen LogP contribution in [0.15, 0.2) is 24.8 Å². The van der Waals surface area contributed by atoms with Crippen molar-refractivity contribution in [2.75, 3.05) is 6.61 Å². The number of hydrogen-bond donors (Lipinski definition) is 0. The lowest BCUT2D eigenvalue weighted by Gasteiger charge is -2.00. The van der Waals surface area contributed by atoms with Gasteiger partial charge < -0.3 is 4.74 Å². The van der Waals surface area contributed by atoms with Crippen LogP contribution in [0, 0.1) is 0 Å². The molecular formula is C9H11ClN2O. The summed E-state index contributed by atoms with van der Waals surface area (Å²) in [7, 11) is 0. The standard InChI is InChI=1S/C9H11ClN2O/c1-2-3-6-13-7-8-4-5-9(10)12-11-8/h2,4-5H,1,3,6-7H2. The summed E-state index contributed by atoms with van der Waals surface area (Å²) in [5, 5.41) is 7.93. The second-order valence-corrected chi connectivity index (χ2v) is 2.86. The van der Waals surface area contributed by atoms with Crippen LogP contribution < -0.4 is 0 Å². The summed E-state index contributed by atoms with van der Waals surface area (Å²) in [6, 6.07) is 3.49. The minimum absolute atomic E-state index is 0.398. The Balaban J connectivity index is 2.28. The molecule has 0 N–H and O–H groups in total. The van der Waals surface area contributed by atoms with E-state index in [0.29, 0.717) is 18.4 Å². The first-order chi connectivity index (χ1) is 6.33. The van der Waals surface area contributed by atoms with Crippen molar-refractivity contribution < 1.29 is 4.74 Å². The summed E-state index contributed by atoms with van der Waals surface area (Å²) in [5.41, 5.74) is 0.786. The molecule has 1 rings (SSSR count).